The first kappa shape index (κ1) is 17.4. The molecule has 0 radical (unpaired) electrons. The van der Waals surface area contributed by atoms with E-state index < -0.39 is 9.84 Å². The van der Waals surface area contributed by atoms with E-state index in [4.69, 9.17) is 0 Å². The summed E-state index contributed by atoms with van der Waals surface area (Å²) in [6.07, 6.45) is 0.467. The summed E-state index contributed by atoms with van der Waals surface area (Å²) in [7, 11) is -1.42. The predicted molar refractivity (Wildman–Crippen MR) is 95.5 cm³/mol. The van der Waals surface area contributed by atoms with E-state index in [1.54, 1.807) is 55.6 Å². The molecule has 0 saturated carbocycles. The fourth-order valence-corrected chi connectivity index (χ4v) is 4.75. The second kappa shape index (κ2) is 6.80. The lowest BCUT2D eigenvalue weighted by atomic mass is 10.0. The molecule has 130 valence electrons. The molecule has 0 aliphatic carbocycles. The standard InChI is InChI=1S/C19H19NO4S/c1-20(17-11-12-25(23,24)13-17)19(22)16-9-7-15(8-10-16)18(21)14-5-3-2-4-6-14/h2-10,17H,11-13H2,1H3/t17-/m1/s1. The van der Waals surface area contributed by atoms with E-state index in [2.05, 4.69) is 0 Å². The van der Waals surface area contributed by atoms with Gasteiger partial charge in [-0.25, -0.2) is 8.42 Å². The number of amides is 1. The number of nitrogens with zero attached hydrogens (tertiary/aromatic N) is 1. The maximum absolute atomic E-state index is 12.5. The Kier molecular flexibility index (Phi) is 4.72. The predicted octanol–water partition coefficient (Wildman–Crippen LogP) is 2.18. The summed E-state index contributed by atoms with van der Waals surface area (Å²) in [6.45, 7) is 0. The van der Waals surface area contributed by atoms with E-state index in [0.717, 1.165) is 0 Å². The number of ketones is 1. The van der Waals surface area contributed by atoms with E-state index in [-0.39, 0.29) is 29.2 Å². The van der Waals surface area contributed by atoms with Crippen molar-refractivity contribution < 1.29 is 18.0 Å². The van der Waals surface area contributed by atoms with Crippen LogP contribution in [-0.4, -0.2) is 49.6 Å². The van der Waals surface area contributed by atoms with Gasteiger partial charge in [0.1, 0.15) is 0 Å². The van der Waals surface area contributed by atoms with Gasteiger partial charge in [0.25, 0.3) is 5.91 Å². The topological polar surface area (TPSA) is 71.5 Å². The molecule has 1 aliphatic heterocycles. The number of sulfone groups is 1. The summed E-state index contributed by atoms with van der Waals surface area (Å²) in [5.74, 6) is -0.199. The number of benzene rings is 2. The average Bonchev–Trinajstić information content (AvgIpc) is 3.00. The molecule has 5 nitrogen and oxygen atoms in total. The van der Waals surface area contributed by atoms with Gasteiger partial charge in [-0.05, 0) is 18.6 Å². The van der Waals surface area contributed by atoms with Gasteiger partial charge in [-0.2, -0.15) is 0 Å². The summed E-state index contributed by atoms with van der Waals surface area (Å²) in [5, 5.41) is 0. The number of rotatable bonds is 4. The molecule has 0 spiro atoms. The van der Waals surface area contributed by atoms with Crippen LogP contribution in [0.3, 0.4) is 0 Å². The van der Waals surface area contributed by atoms with Gasteiger partial charge in [-0.3, -0.25) is 9.59 Å². The van der Waals surface area contributed by atoms with Crippen LogP contribution in [0.25, 0.3) is 0 Å². The van der Waals surface area contributed by atoms with Crippen molar-refractivity contribution in [2.75, 3.05) is 18.6 Å². The SMILES string of the molecule is CN(C(=O)c1ccc(C(=O)c2ccccc2)cc1)[C@@H]1CCS(=O)(=O)C1. The molecule has 6 heteroatoms. The molecule has 1 fully saturated rings. The molecule has 0 N–H and O–H groups in total. The summed E-state index contributed by atoms with van der Waals surface area (Å²) in [5.41, 5.74) is 1.54. The Labute approximate surface area is 147 Å². The second-order valence-corrected chi connectivity index (χ2v) is 8.47. The smallest absolute Gasteiger partial charge is 0.253 e. The van der Waals surface area contributed by atoms with Crippen LogP contribution in [-0.2, 0) is 9.84 Å². The quantitative estimate of drug-likeness (QED) is 0.786. The van der Waals surface area contributed by atoms with Crippen molar-refractivity contribution in [3.63, 3.8) is 0 Å². The zero-order valence-corrected chi connectivity index (χ0v) is 14.7. The molecule has 1 saturated heterocycles. The van der Waals surface area contributed by atoms with Crippen LogP contribution < -0.4 is 0 Å². The first-order valence-electron chi connectivity index (χ1n) is 8.05. The van der Waals surface area contributed by atoms with Crippen LogP contribution in [0.2, 0.25) is 0 Å². The minimum absolute atomic E-state index is 0.0137. The highest BCUT2D eigenvalue weighted by atomic mass is 32.2. The minimum atomic E-state index is -3.04. The largest absolute Gasteiger partial charge is 0.338 e. The number of carbonyl (C=O) groups excluding carboxylic acids is 2. The molecular formula is C19H19NO4S. The van der Waals surface area contributed by atoms with Crippen molar-refractivity contribution >= 4 is 21.5 Å². The third kappa shape index (κ3) is 3.79. The molecule has 1 aliphatic rings. The van der Waals surface area contributed by atoms with Crippen LogP contribution in [0.4, 0.5) is 0 Å². The van der Waals surface area contributed by atoms with Crippen molar-refractivity contribution in [2.45, 2.75) is 12.5 Å². The number of carbonyl (C=O) groups is 2. The van der Waals surface area contributed by atoms with E-state index in [1.807, 2.05) is 6.07 Å². The van der Waals surface area contributed by atoms with Crippen LogP contribution >= 0.6 is 0 Å². The minimum Gasteiger partial charge on any atom is -0.338 e. The zero-order valence-electron chi connectivity index (χ0n) is 13.9. The number of hydrogen-bond donors (Lipinski definition) is 0. The Morgan fingerprint density at radius 2 is 1.48 bits per heavy atom. The summed E-state index contributed by atoms with van der Waals surface area (Å²) in [4.78, 5) is 26.4. The van der Waals surface area contributed by atoms with E-state index in [0.29, 0.717) is 23.1 Å². The van der Waals surface area contributed by atoms with Crippen LogP contribution in [0.15, 0.2) is 54.6 Å². The van der Waals surface area contributed by atoms with Crippen molar-refractivity contribution in [3.05, 3.63) is 71.3 Å². The van der Waals surface area contributed by atoms with Crippen LogP contribution in [0, 0.1) is 0 Å². The highest BCUT2D eigenvalue weighted by molar-refractivity contribution is 7.91. The lowest BCUT2D eigenvalue weighted by molar-refractivity contribution is 0.0747. The molecule has 0 bridgehead atoms. The first-order valence-corrected chi connectivity index (χ1v) is 9.87. The first-order chi connectivity index (χ1) is 11.9. The van der Waals surface area contributed by atoms with Crippen LogP contribution in [0.1, 0.15) is 32.7 Å². The van der Waals surface area contributed by atoms with Gasteiger partial charge in [-0.15, -0.1) is 0 Å². The summed E-state index contributed by atoms with van der Waals surface area (Å²) in [6, 6.07) is 15.1. The Morgan fingerprint density at radius 3 is 2.04 bits per heavy atom. The second-order valence-electron chi connectivity index (χ2n) is 6.25. The molecular weight excluding hydrogens is 338 g/mol. The lowest BCUT2D eigenvalue weighted by Crippen LogP contribution is -2.37. The molecule has 1 heterocycles. The Balaban J connectivity index is 1.74. The Morgan fingerprint density at radius 1 is 0.920 bits per heavy atom. The Hall–Kier alpha value is -2.47. The van der Waals surface area contributed by atoms with E-state index in [9.17, 15) is 18.0 Å². The summed E-state index contributed by atoms with van der Waals surface area (Å²) >= 11 is 0. The molecule has 25 heavy (non-hydrogen) atoms. The highest BCUT2D eigenvalue weighted by Crippen LogP contribution is 2.19. The monoisotopic (exact) mass is 357 g/mol. The highest BCUT2D eigenvalue weighted by Gasteiger charge is 2.33. The fraction of sp³-hybridized carbons (Fsp3) is 0.263. The maximum Gasteiger partial charge on any atom is 0.253 e. The average molecular weight is 357 g/mol. The van der Waals surface area contributed by atoms with Gasteiger partial charge in [0.05, 0.1) is 11.5 Å². The van der Waals surface area contributed by atoms with Gasteiger partial charge in [0, 0.05) is 29.8 Å². The Bertz CT molecular complexity index is 889. The number of hydrogen-bond acceptors (Lipinski definition) is 4. The van der Waals surface area contributed by atoms with Gasteiger partial charge >= 0.3 is 0 Å². The summed E-state index contributed by atoms with van der Waals surface area (Å²) < 4.78 is 23.2. The van der Waals surface area contributed by atoms with E-state index >= 15 is 0 Å². The third-order valence-corrected chi connectivity index (χ3v) is 6.26. The van der Waals surface area contributed by atoms with Crippen molar-refractivity contribution in [1.82, 2.24) is 4.90 Å². The van der Waals surface area contributed by atoms with Crippen molar-refractivity contribution in [1.29, 1.82) is 0 Å². The van der Waals surface area contributed by atoms with Crippen molar-refractivity contribution in [2.24, 2.45) is 0 Å². The molecule has 0 aromatic heterocycles. The van der Waals surface area contributed by atoms with Gasteiger partial charge in [0.15, 0.2) is 15.6 Å². The van der Waals surface area contributed by atoms with Crippen LogP contribution in [0.5, 0.6) is 0 Å². The molecule has 2 aromatic rings. The molecule has 3 rings (SSSR count). The maximum atomic E-state index is 12.5. The van der Waals surface area contributed by atoms with Gasteiger partial charge < -0.3 is 4.90 Å². The van der Waals surface area contributed by atoms with Crippen molar-refractivity contribution in [3.8, 4) is 0 Å². The molecule has 2 aromatic carbocycles. The lowest BCUT2D eigenvalue weighted by Gasteiger charge is -2.23. The van der Waals surface area contributed by atoms with E-state index in [1.165, 1.54) is 4.90 Å². The molecule has 1 atom stereocenters. The zero-order chi connectivity index (χ0) is 18.0. The molecule has 1 amide bonds. The normalized spacial score (nSPS) is 18.7. The third-order valence-electron chi connectivity index (χ3n) is 4.51. The molecule has 0 unspecified atom stereocenters. The fourth-order valence-electron chi connectivity index (χ4n) is 2.97. The van der Waals surface area contributed by atoms with Gasteiger partial charge in [-0.1, -0.05) is 42.5 Å². The van der Waals surface area contributed by atoms with Gasteiger partial charge in [0.2, 0.25) is 0 Å².